The Hall–Kier alpha value is -2.48. The Balaban J connectivity index is 1.64. The van der Waals surface area contributed by atoms with Gasteiger partial charge in [0.05, 0.1) is 11.0 Å². The quantitative estimate of drug-likeness (QED) is 0.789. The maximum atomic E-state index is 13.3. The van der Waals surface area contributed by atoms with Gasteiger partial charge >= 0.3 is 0 Å². The number of hydrogen-bond acceptors (Lipinski definition) is 6. The lowest BCUT2D eigenvalue weighted by Crippen LogP contribution is -2.47. The largest absolute Gasteiger partial charge is 0.348 e. The third kappa shape index (κ3) is 3.26. The number of aromatic nitrogens is 2. The molecule has 0 spiro atoms. The molecule has 2 saturated heterocycles. The van der Waals surface area contributed by atoms with E-state index in [1.807, 2.05) is 35.8 Å². The molecule has 0 aliphatic carbocycles. The van der Waals surface area contributed by atoms with Gasteiger partial charge in [0.25, 0.3) is 5.91 Å². The number of anilines is 1. The average molecular weight is 400 g/mol. The van der Waals surface area contributed by atoms with Crippen LogP contribution >= 0.6 is 11.3 Å². The number of fused-ring (bicyclic) bond motifs is 1. The Morgan fingerprint density at radius 3 is 2.71 bits per heavy atom. The van der Waals surface area contributed by atoms with Crippen molar-refractivity contribution in [2.24, 2.45) is 11.3 Å². The zero-order valence-corrected chi connectivity index (χ0v) is 17.1. The molecule has 4 rings (SSSR count). The predicted molar refractivity (Wildman–Crippen MR) is 108 cm³/mol. The Kier molecular flexibility index (Phi) is 5.05. The molecule has 0 saturated carbocycles. The van der Waals surface area contributed by atoms with Gasteiger partial charge in [-0.25, -0.2) is 9.97 Å². The molecule has 2 fully saturated rings. The summed E-state index contributed by atoms with van der Waals surface area (Å²) in [4.78, 5) is 40.7. The van der Waals surface area contributed by atoms with Crippen LogP contribution in [0.15, 0.2) is 35.3 Å². The third-order valence-corrected chi connectivity index (χ3v) is 6.59. The zero-order valence-electron chi connectivity index (χ0n) is 16.2. The van der Waals surface area contributed by atoms with Gasteiger partial charge in [-0.2, -0.15) is 11.3 Å². The van der Waals surface area contributed by atoms with Gasteiger partial charge in [0, 0.05) is 64.0 Å². The van der Waals surface area contributed by atoms with Crippen LogP contribution in [0, 0.1) is 11.3 Å². The van der Waals surface area contributed by atoms with Gasteiger partial charge in [-0.05, 0) is 30.4 Å². The van der Waals surface area contributed by atoms with Crippen molar-refractivity contribution in [1.29, 1.82) is 0 Å². The summed E-state index contributed by atoms with van der Waals surface area (Å²) in [6.45, 7) is 2.54. The Bertz CT molecular complexity index is 842. The van der Waals surface area contributed by atoms with Gasteiger partial charge in [-0.3, -0.25) is 9.59 Å². The van der Waals surface area contributed by atoms with E-state index >= 15 is 0 Å². The first-order chi connectivity index (χ1) is 13.5. The monoisotopic (exact) mass is 399 g/mol. The van der Waals surface area contributed by atoms with Crippen molar-refractivity contribution in [3.8, 4) is 0 Å². The third-order valence-electron chi connectivity index (χ3n) is 5.91. The molecule has 2 atom stereocenters. The lowest BCUT2D eigenvalue weighted by molar-refractivity contribution is -0.141. The van der Waals surface area contributed by atoms with Crippen LogP contribution in [0.5, 0.6) is 0 Å². The number of amides is 2. The SMILES string of the molecule is CN(C)C(=O)[C@]12CCCN(C(=O)c3ccsc3)C[C@H]1CN(c1ncccn1)C2. The summed E-state index contributed by atoms with van der Waals surface area (Å²) in [6, 6.07) is 3.66. The van der Waals surface area contributed by atoms with E-state index in [-0.39, 0.29) is 17.7 Å². The van der Waals surface area contributed by atoms with Crippen LogP contribution < -0.4 is 4.90 Å². The molecular formula is C20H25N5O2S. The molecule has 2 aromatic rings. The maximum absolute atomic E-state index is 13.3. The van der Waals surface area contributed by atoms with Gasteiger partial charge in [-0.1, -0.05) is 0 Å². The van der Waals surface area contributed by atoms with E-state index in [9.17, 15) is 9.59 Å². The molecule has 0 radical (unpaired) electrons. The second-order valence-corrected chi connectivity index (χ2v) is 8.63. The van der Waals surface area contributed by atoms with E-state index < -0.39 is 5.41 Å². The minimum Gasteiger partial charge on any atom is -0.348 e. The highest BCUT2D eigenvalue weighted by Gasteiger charge is 2.54. The predicted octanol–water partition coefficient (Wildman–Crippen LogP) is 1.99. The van der Waals surface area contributed by atoms with Crippen LogP contribution in [-0.2, 0) is 4.79 Å². The zero-order chi connectivity index (χ0) is 19.7. The molecule has 0 unspecified atom stereocenters. The molecule has 0 bridgehead atoms. The summed E-state index contributed by atoms with van der Waals surface area (Å²) in [7, 11) is 3.63. The average Bonchev–Trinajstić information content (AvgIpc) is 3.33. The molecule has 7 nitrogen and oxygen atoms in total. The Morgan fingerprint density at radius 1 is 1.25 bits per heavy atom. The first-order valence-corrected chi connectivity index (χ1v) is 10.5. The van der Waals surface area contributed by atoms with Crippen molar-refractivity contribution >= 4 is 29.1 Å². The molecule has 148 valence electrons. The fourth-order valence-electron chi connectivity index (χ4n) is 4.59. The number of likely N-dealkylation sites (tertiary alicyclic amines) is 1. The van der Waals surface area contributed by atoms with Gasteiger partial charge in [0.2, 0.25) is 11.9 Å². The number of hydrogen-bond donors (Lipinski definition) is 0. The minimum absolute atomic E-state index is 0.0521. The Morgan fingerprint density at radius 2 is 2.04 bits per heavy atom. The highest BCUT2D eigenvalue weighted by atomic mass is 32.1. The molecule has 2 aliphatic rings. The lowest BCUT2D eigenvalue weighted by atomic mass is 9.74. The van der Waals surface area contributed by atoms with Crippen molar-refractivity contribution in [3.05, 3.63) is 40.8 Å². The first-order valence-electron chi connectivity index (χ1n) is 9.56. The number of rotatable bonds is 3. The molecule has 4 heterocycles. The highest BCUT2D eigenvalue weighted by molar-refractivity contribution is 7.08. The molecule has 0 aromatic carbocycles. The molecular weight excluding hydrogens is 374 g/mol. The minimum atomic E-state index is -0.508. The fourth-order valence-corrected chi connectivity index (χ4v) is 5.22. The van der Waals surface area contributed by atoms with E-state index in [1.165, 1.54) is 11.3 Å². The fraction of sp³-hybridized carbons (Fsp3) is 0.500. The van der Waals surface area contributed by atoms with Crippen LogP contribution in [0.2, 0.25) is 0 Å². The second kappa shape index (κ2) is 7.50. The highest BCUT2D eigenvalue weighted by Crippen LogP contribution is 2.44. The van der Waals surface area contributed by atoms with Crippen molar-refractivity contribution in [3.63, 3.8) is 0 Å². The summed E-state index contributed by atoms with van der Waals surface area (Å²) in [5.41, 5.74) is 0.226. The van der Waals surface area contributed by atoms with E-state index in [1.54, 1.807) is 23.4 Å². The van der Waals surface area contributed by atoms with Crippen molar-refractivity contribution in [2.75, 3.05) is 45.2 Å². The molecule has 0 N–H and O–H groups in total. The van der Waals surface area contributed by atoms with Gasteiger partial charge in [0.1, 0.15) is 0 Å². The number of nitrogens with zero attached hydrogens (tertiary/aromatic N) is 5. The smallest absolute Gasteiger partial charge is 0.254 e. The van der Waals surface area contributed by atoms with Crippen molar-refractivity contribution in [1.82, 2.24) is 19.8 Å². The standard InChI is InChI=1S/C20H25N5O2S/c1-23(2)18(27)20-6-3-9-24(17(26)15-5-10-28-13-15)11-16(20)12-25(14-20)19-21-7-4-8-22-19/h4-5,7-8,10,13,16H,3,6,9,11-12,14H2,1-2H3/t16-,20-/m0/s1. The molecule has 2 aromatic heterocycles. The second-order valence-electron chi connectivity index (χ2n) is 7.85. The summed E-state index contributed by atoms with van der Waals surface area (Å²) < 4.78 is 0. The first kappa shape index (κ1) is 18.9. The van der Waals surface area contributed by atoms with Gasteiger partial charge < -0.3 is 14.7 Å². The summed E-state index contributed by atoms with van der Waals surface area (Å²) in [6.07, 6.45) is 5.04. The van der Waals surface area contributed by atoms with E-state index in [2.05, 4.69) is 14.9 Å². The normalized spacial score (nSPS) is 24.6. The molecule has 2 amide bonds. The van der Waals surface area contributed by atoms with Crippen LogP contribution in [0.3, 0.4) is 0 Å². The topological polar surface area (TPSA) is 69.6 Å². The van der Waals surface area contributed by atoms with Crippen LogP contribution in [0.4, 0.5) is 5.95 Å². The van der Waals surface area contributed by atoms with E-state index in [4.69, 9.17) is 0 Å². The summed E-state index contributed by atoms with van der Waals surface area (Å²) in [5, 5.41) is 3.82. The van der Waals surface area contributed by atoms with Gasteiger partial charge in [0.15, 0.2) is 0 Å². The molecule has 8 heteroatoms. The lowest BCUT2D eigenvalue weighted by Gasteiger charge is -2.34. The van der Waals surface area contributed by atoms with Crippen LogP contribution in [-0.4, -0.2) is 71.9 Å². The number of carbonyl (C=O) groups is 2. The summed E-state index contributed by atoms with van der Waals surface area (Å²) in [5.74, 6) is 0.901. The maximum Gasteiger partial charge on any atom is 0.254 e. The Labute approximate surface area is 169 Å². The number of thiophene rings is 1. The molecule has 28 heavy (non-hydrogen) atoms. The van der Waals surface area contributed by atoms with Crippen molar-refractivity contribution in [2.45, 2.75) is 12.8 Å². The van der Waals surface area contributed by atoms with E-state index in [0.29, 0.717) is 32.1 Å². The number of carbonyl (C=O) groups excluding carboxylic acids is 2. The molecule has 2 aliphatic heterocycles. The van der Waals surface area contributed by atoms with Crippen LogP contribution in [0.25, 0.3) is 0 Å². The summed E-state index contributed by atoms with van der Waals surface area (Å²) >= 11 is 1.53. The van der Waals surface area contributed by atoms with Crippen molar-refractivity contribution < 1.29 is 9.59 Å². The van der Waals surface area contributed by atoms with Crippen LogP contribution in [0.1, 0.15) is 23.2 Å². The van der Waals surface area contributed by atoms with E-state index in [0.717, 1.165) is 18.4 Å². The van der Waals surface area contributed by atoms with Gasteiger partial charge in [-0.15, -0.1) is 0 Å².